The summed E-state index contributed by atoms with van der Waals surface area (Å²) in [5, 5.41) is 49.7. The Morgan fingerprint density at radius 2 is 1.84 bits per heavy atom. The van der Waals surface area contributed by atoms with Crippen molar-refractivity contribution in [1.82, 2.24) is 0 Å². The molecule has 10 atom stereocenters. The van der Waals surface area contributed by atoms with Crippen molar-refractivity contribution in [3.8, 4) is 0 Å². The van der Waals surface area contributed by atoms with Crippen molar-refractivity contribution in [2.75, 3.05) is 13.2 Å². The lowest BCUT2D eigenvalue weighted by atomic mass is 9.79. The molecular weight excluding hydrogens is 412 g/mol. The molecule has 10 nitrogen and oxygen atoms in total. The molecule has 0 amide bonds. The first-order chi connectivity index (χ1) is 14.7. The van der Waals surface area contributed by atoms with Gasteiger partial charge in [0.15, 0.2) is 12.1 Å². The molecule has 0 bridgehead atoms. The number of aliphatic hydroxyl groups excluding tert-OH is 5. The third-order valence-electron chi connectivity index (χ3n) is 6.94. The predicted octanol–water partition coefficient (Wildman–Crippen LogP) is -1.81. The van der Waals surface area contributed by atoms with Crippen LogP contribution in [0.5, 0.6) is 0 Å². The first kappa shape index (κ1) is 22.5. The zero-order chi connectivity index (χ0) is 22.6. The molecule has 0 aromatic heterocycles. The van der Waals surface area contributed by atoms with E-state index in [0.29, 0.717) is 16.7 Å². The minimum absolute atomic E-state index is 0.237. The highest BCUT2D eigenvalue weighted by atomic mass is 16.7. The smallest absolute Gasteiger partial charge is 0.309 e. The Bertz CT molecular complexity index is 817. The number of hydrogen-bond acceptors (Lipinski definition) is 10. The molecule has 5 N–H and O–H groups in total. The van der Waals surface area contributed by atoms with Crippen molar-refractivity contribution < 1.29 is 49.3 Å². The Hall–Kier alpha value is -1.66. The molecule has 2 aliphatic carbocycles. The maximum atomic E-state index is 12.6. The van der Waals surface area contributed by atoms with Crippen LogP contribution in [0.3, 0.4) is 0 Å². The van der Waals surface area contributed by atoms with Crippen molar-refractivity contribution in [2.24, 2.45) is 17.8 Å². The summed E-state index contributed by atoms with van der Waals surface area (Å²) >= 11 is 0. The lowest BCUT2D eigenvalue weighted by molar-refractivity contribution is -0.316. The van der Waals surface area contributed by atoms with Gasteiger partial charge in [0, 0.05) is 17.4 Å². The van der Waals surface area contributed by atoms with Crippen molar-refractivity contribution in [3.63, 3.8) is 0 Å². The zero-order valence-electron chi connectivity index (χ0n) is 17.2. The quantitative estimate of drug-likeness (QED) is 0.315. The lowest BCUT2D eigenvalue weighted by Crippen LogP contribution is -2.60. The van der Waals surface area contributed by atoms with Crippen LogP contribution in [0.2, 0.25) is 0 Å². The summed E-state index contributed by atoms with van der Waals surface area (Å²) in [6.07, 6.45) is -7.05. The van der Waals surface area contributed by atoms with E-state index < -0.39 is 73.2 Å². The molecule has 0 spiro atoms. The van der Waals surface area contributed by atoms with Gasteiger partial charge >= 0.3 is 5.97 Å². The number of rotatable bonds is 4. The molecule has 0 radical (unpaired) electrons. The number of aliphatic hydroxyl groups is 5. The lowest BCUT2D eigenvalue weighted by Gasteiger charge is -2.42. The summed E-state index contributed by atoms with van der Waals surface area (Å²) in [6, 6.07) is 0. The number of carbonyl (C=O) groups excluding carboxylic acids is 2. The first-order valence-corrected chi connectivity index (χ1v) is 10.4. The van der Waals surface area contributed by atoms with Gasteiger partial charge in [0.1, 0.15) is 30.5 Å². The van der Waals surface area contributed by atoms with E-state index >= 15 is 0 Å². The average molecular weight is 440 g/mol. The summed E-state index contributed by atoms with van der Waals surface area (Å²) in [4.78, 5) is 25.1. The molecule has 2 fully saturated rings. The Labute approximate surface area is 178 Å². The van der Waals surface area contributed by atoms with E-state index in [0.717, 1.165) is 0 Å². The second kappa shape index (κ2) is 8.36. The van der Waals surface area contributed by atoms with E-state index in [4.69, 9.17) is 14.2 Å². The minimum atomic E-state index is -1.60. The average Bonchev–Trinajstić information content (AvgIpc) is 3.19. The van der Waals surface area contributed by atoms with Crippen LogP contribution in [0, 0.1) is 17.8 Å². The molecule has 10 heteroatoms. The monoisotopic (exact) mass is 440 g/mol. The van der Waals surface area contributed by atoms with E-state index in [1.165, 1.54) is 6.08 Å². The third kappa shape index (κ3) is 3.56. The Morgan fingerprint density at radius 1 is 1.13 bits per heavy atom. The summed E-state index contributed by atoms with van der Waals surface area (Å²) in [5.41, 5.74) is 1.66. The van der Waals surface area contributed by atoms with Crippen LogP contribution in [0.15, 0.2) is 22.8 Å². The second-order valence-corrected chi connectivity index (χ2v) is 8.76. The zero-order valence-corrected chi connectivity index (χ0v) is 17.2. The van der Waals surface area contributed by atoms with Crippen LogP contribution >= 0.6 is 0 Å². The fourth-order valence-corrected chi connectivity index (χ4v) is 5.29. The molecule has 2 saturated heterocycles. The van der Waals surface area contributed by atoms with Gasteiger partial charge in [-0.1, -0.05) is 12.5 Å². The summed E-state index contributed by atoms with van der Waals surface area (Å²) in [5.74, 6) is -2.36. The van der Waals surface area contributed by atoms with Crippen LogP contribution in [0.4, 0.5) is 0 Å². The Morgan fingerprint density at radius 3 is 2.48 bits per heavy atom. The van der Waals surface area contributed by atoms with Gasteiger partial charge in [0.2, 0.25) is 0 Å². The van der Waals surface area contributed by atoms with Crippen molar-refractivity contribution in [3.05, 3.63) is 22.8 Å². The van der Waals surface area contributed by atoms with E-state index in [-0.39, 0.29) is 18.8 Å². The number of carbonyl (C=O) groups is 2. The number of fused-ring (bicyclic) bond motifs is 3. The standard InChI is InChI=1S/C21H28O10/c1-7-3-11(29-21-18(27)17(26)16(25)12(6-23)30-21)14-8(2)20(28)31-19(14)15-9(5-22)4-10(24)13(7)15/h4,8,11-12,14-19,21-23,25-27H,3,5-6H2,1-2H3/t8-,11-,12+,14+,15-,16+,17-,18+,19-,21+/m0/s1. The van der Waals surface area contributed by atoms with Gasteiger partial charge in [-0.25, -0.2) is 0 Å². The minimum Gasteiger partial charge on any atom is -0.461 e. The fraction of sp³-hybridized carbons (Fsp3) is 0.714. The van der Waals surface area contributed by atoms with E-state index in [1.807, 2.05) is 0 Å². The number of allylic oxidation sites excluding steroid dienone is 1. The molecule has 0 unspecified atom stereocenters. The van der Waals surface area contributed by atoms with Crippen molar-refractivity contribution in [2.45, 2.75) is 63.2 Å². The summed E-state index contributed by atoms with van der Waals surface area (Å²) < 4.78 is 17.2. The first-order valence-electron chi connectivity index (χ1n) is 10.4. The highest BCUT2D eigenvalue weighted by Crippen LogP contribution is 2.49. The highest BCUT2D eigenvalue weighted by Gasteiger charge is 2.56. The SMILES string of the molecule is CC1=C2C(=O)C=C(CO)[C@@H]2[C@H]2OC(=O)[C@@H](C)[C@@H]2[C@@H](O[C@@H]2O[C@H](CO)[C@@H](O)[C@H](O)[C@H]2O)C1. The molecular formula is C21H28O10. The van der Waals surface area contributed by atoms with Crippen molar-refractivity contribution in [1.29, 1.82) is 0 Å². The molecule has 2 aliphatic heterocycles. The van der Waals surface area contributed by atoms with Crippen LogP contribution < -0.4 is 0 Å². The fourth-order valence-electron chi connectivity index (χ4n) is 5.29. The van der Waals surface area contributed by atoms with E-state index in [2.05, 4.69) is 0 Å². The van der Waals surface area contributed by atoms with Crippen LogP contribution in [0.1, 0.15) is 20.3 Å². The molecule has 0 aromatic carbocycles. The maximum Gasteiger partial charge on any atom is 0.309 e. The van der Waals surface area contributed by atoms with Gasteiger partial charge in [-0.05, 0) is 25.0 Å². The van der Waals surface area contributed by atoms with Gasteiger partial charge < -0.3 is 39.7 Å². The molecule has 4 rings (SSSR count). The highest BCUT2D eigenvalue weighted by molar-refractivity contribution is 6.09. The molecule has 172 valence electrons. The normalized spacial score (nSPS) is 45.2. The van der Waals surface area contributed by atoms with Crippen LogP contribution in [-0.2, 0) is 23.8 Å². The van der Waals surface area contributed by atoms with Gasteiger partial charge in [-0.3, -0.25) is 9.59 Å². The Balaban J connectivity index is 1.67. The number of ether oxygens (including phenoxy) is 3. The Kier molecular flexibility index (Phi) is 6.08. The molecule has 0 aromatic rings. The van der Waals surface area contributed by atoms with Crippen LogP contribution in [-0.4, -0.2) is 93.4 Å². The van der Waals surface area contributed by atoms with Gasteiger partial charge in [-0.2, -0.15) is 0 Å². The topological polar surface area (TPSA) is 163 Å². The third-order valence-corrected chi connectivity index (χ3v) is 6.94. The van der Waals surface area contributed by atoms with Crippen molar-refractivity contribution >= 4 is 11.8 Å². The second-order valence-electron chi connectivity index (χ2n) is 8.76. The van der Waals surface area contributed by atoms with E-state index in [9.17, 15) is 35.1 Å². The predicted molar refractivity (Wildman–Crippen MR) is 102 cm³/mol. The molecule has 31 heavy (non-hydrogen) atoms. The number of esters is 1. The summed E-state index contributed by atoms with van der Waals surface area (Å²) in [7, 11) is 0. The molecule has 4 aliphatic rings. The maximum absolute atomic E-state index is 12.6. The van der Waals surface area contributed by atoms with Gasteiger partial charge in [0.25, 0.3) is 0 Å². The number of ketones is 1. The van der Waals surface area contributed by atoms with Crippen LogP contribution in [0.25, 0.3) is 0 Å². The number of hydrogen-bond donors (Lipinski definition) is 5. The van der Waals surface area contributed by atoms with Gasteiger partial charge in [-0.15, -0.1) is 0 Å². The van der Waals surface area contributed by atoms with Gasteiger partial charge in [0.05, 0.1) is 25.2 Å². The largest absolute Gasteiger partial charge is 0.461 e. The van der Waals surface area contributed by atoms with E-state index in [1.54, 1.807) is 13.8 Å². The summed E-state index contributed by atoms with van der Waals surface area (Å²) in [6.45, 7) is 2.52. The molecule has 2 heterocycles. The molecule has 0 saturated carbocycles.